The van der Waals surface area contributed by atoms with Crippen LogP contribution in [0.3, 0.4) is 0 Å². The summed E-state index contributed by atoms with van der Waals surface area (Å²) in [5.41, 5.74) is -0.446. The zero-order valence-corrected chi connectivity index (χ0v) is 14.9. The average molecular weight is 318 g/mol. The van der Waals surface area contributed by atoms with Crippen LogP contribution in [0, 0.1) is 0 Å². The molecule has 0 radical (unpaired) electrons. The maximum atomic E-state index is 9.66. The molecule has 0 saturated carbocycles. The van der Waals surface area contributed by atoms with Crippen molar-refractivity contribution in [3.05, 3.63) is 35.8 Å². The Bertz CT molecular complexity index is 539. The first kappa shape index (κ1) is 18.0. The molecule has 0 atom stereocenters. The summed E-state index contributed by atoms with van der Waals surface area (Å²) in [6, 6.07) is 7.69. The Balaban J connectivity index is 1.94. The highest BCUT2D eigenvalue weighted by Crippen LogP contribution is 2.37. The molecule has 1 saturated heterocycles. The SMILES string of the molecule is CC(C)(O)COc1ccc(C=CB2OC(C)(C)C(C)(C)O2)cc1. The lowest BCUT2D eigenvalue weighted by atomic mass is 9.89. The molecule has 0 amide bonds. The molecule has 0 bridgehead atoms. The predicted molar refractivity (Wildman–Crippen MR) is 93.4 cm³/mol. The fourth-order valence-corrected chi connectivity index (χ4v) is 2.09. The zero-order chi connectivity index (χ0) is 17.3. The van der Waals surface area contributed by atoms with Crippen molar-refractivity contribution in [2.24, 2.45) is 0 Å². The van der Waals surface area contributed by atoms with Gasteiger partial charge in [0.05, 0.1) is 16.8 Å². The summed E-state index contributed by atoms with van der Waals surface area (Å²) in [6.45, 7) is 11.8. The van der Waals surface area contributed by atoms with Crippen LogP contribution in [0.2, 0.25) is 0 Å². The van der Waals surface area contributed by atoms with Crippen LogP contribution >= 0.6 is 0 Å². The smallest absolute Gasteiger partial charge is 0.487 e. The standard InChI is InChI=1S/C18H27BO4/c1-16(2,20)13-21-15-9-7-14(8-10-15)11-12-19-22-17(3,4)18(5,6)23-19/h7-12,20H,13H2,1-6H3. The first-order valence-corrected chi connectivity index (χ1v) is 7.98. The fourth-order valence-electron chi connectivity index (χ4n) is 2.09. The molecule has 126 valence electrons. The van der Waals surface area contributed by atoms with Crippen molar-refractivity contribution < 1.29 is 19.2 Å². The lowest BCUT2D eigenvalue weighted by Gasteiger charge is -2.32. The second-order valence-corrected chi connectivity index (χ2v) is 7.65. The molecule has 1 N–H and O–H groups in total. The normalized spacial score (nSPS) is 20.2. The van der Waals surface area contributed by atoms with Gasteiger partial charge < -0.3 is 19.2 Å². The van der Waals surface area contributed by atoms with E-state index in [9.17, 15) is 5.11 Å². The molecule has 23 heavy (non-hydrogen) atoms. The largest absolute Gasteiger partial charge is 0.491 e. The molecule has 0 aromatic heterocycles. The van der Waals surface area contributed by atoms with E-state index in [1.165, 1.54) is 0 Å². The second kappa shape index (κ2) is 6.31. The van der Waals surface area contributed by atoms with E-state index in [-0.39, 0.29) is 24.9 Å². The van der Waals surface area contributed by atoms with Crippen LogP contribution in [0.15, 0.2) is 30.2 Å². The van der Waals surface area contributed by atoms with Crippen molar-refractivity contribution in [2.45, 2.75) is 58.3 Å². The van der Waals surface area contributed by atoms with Crippen LogP contribution < -0.4 is 4.74 Å². The second-order valence-electron chi connectivity index (χ2n) is 7.65. The highest BCUT2D eigenvalue weighted by molar-refractivity contribution is 6.52. The third-order valence-corrected chi connectivity index (χ3v) is 4.19. The lowest BCUT2D eigenvalue weighted by molar-refractivity contribution is 0.00578. The summed E-state index contributed by atoms with van der Waals surface area (Å²) in [5.74, 6) is 2.66. The number of benzene rings is 1. The van der Waals surface area contributed by atoms with Crippen molar-refractivity contribution in [3.8, 4) is 5.75 Å². The molecule has 0 unspecified atom stereocenters. The van der Waals surface area contributed by atoms with Gasteiger partial charge in [-0.1, -0.05) is 24.2 Å². The van der Waals surface area contributed by atoms with Gasteiger partial charge in [-0.3, -0.25) is 0 Å². The topological polar surface area (TPSA) is 47.9 Å². The van der Waals surface area contributed by atoms with E-state index in [1.54, 1.807) is 13.8 Å². The van der Waals surface area contributed by atoms with E-state index in [1.807, 2.05) is 64.0 Å². The maximum absolute atomic E-state index is 9.66. The number of hydrogen-bond acceptors (Lipinski definition) is 4. The first-order chi connectivity index (χ1) is 10.5. The van der Waals surface area contributed by atoms with Crippen molar-refractivity contribution in [2.75, 3.05) is 6.61 Å². The number of aliphatic hydroxyl groups is 1. The Labute approximate surface area is 139 Å². The summed E-state index contributed by atoms with van der Waals surface area (Å²) < 4.78 is 17.4. The van der Waals surface area contributed by atoms with Gasteiger partial charge in [0.1, 0.15) is 12.4 Å². The van der Waals surface area contributed by atoms with Gasteiger partial charge in [-0.25, -0.2) is 0 Å². The quantitative estimate of drug-likeness (QED) is 0.845. The molecule has 1 aliphatic rings. The van der Waals surface area contributed by atoms with Crippen molar-refractivity contribution in [3.63, 3.8) is 0 Å². The molecule has 4 nitrogen and oxygen atoms in total. The van der Waals surface area contributed by atoms with Crippen LogP contribution in [0.25, 0.3) is 6.08 Å². The molecule has 1 aromatic carbocycles. The molecule has 1 heterocycles. The van der Waals surface area contributed by atoms with E-state index in [0.717, 1.165) is 11.3 Å². The van der Waals surface area contributed by atoms with Crippen LogP contribution in [0.1, 0.15) is 47.1 Å². The molecular formula is C18H27BO4. The van der Waals surface area contributed by atoms with Gasteiger partial charge in [0.25, 0.3) is 0 Å². The van der Waals surface area contributed by atoms with Gasteiger partial charge in [-0.2, -0.15) is 0 Å². The molecule has 2 rings (SSSR count). The first-order valence-electron chi connectivity index (χ1n) is 7.98. The monoisotopic (exact) mass is 318 g/mol. The third kappa shape index (κ3) is 4.84. The Hall–Kier alpha value is -1.30. The predicted octanol–water partition coefficient (Wildman–Crippen LogP) is 3.48. The van der Waals surface area contributed by atoms with Crippen LogP contribution in [-0.4, -0.2) is 35.6 Å². The summed E-state index contributed by atoms with van der Waals surface area (Å²) in [6.07, 6.45) is 1.97. The minimum Gasteiger partial charge on any atom is -0.491 e. The molecular weight excluding hydrogens is 291 g/mol. The molecule has 1 fully saturated rings. The maximum Gasteiger partial charge on any atom is 0.487 e. The van der Waals surface area contributed by atoms with Crippen LogP contribution in [-0.2, 0) is 9.31 Å². The minimum atomic E-state index is -0.838. The Morgan fingerprint density at radius 2 is 1.61 bits per heavy atom. The van der Waals surface area contributed by atoms with Crippen molar-refractivity contribution >= 4 is 13.2 Å². The van der Waals surface area contributed by atoms with Gasteiger partial charge in [0.2, 0.25) is 0 Å². The zero-order valence-electron chi connectivity index (χ0n) is 14.9. The van der Waals surface area contributed by atoms with Gasteiger partial charge in [-0.05, 0) is 59.2 Å². The van der Waals surface area contributed by atoms with E-state index >= 15 is 0 Å². The van der Waals surface area contributed by atoms with Gasteiger partial charge in [0, 0.05) is 0 Å². The molecule has 0 aliphatic carbocycles. The molecule has 1 aromatic rings. The fraction of sp³-hybridized carbons (Fsp3) is 0.556. The average Bonchev–Trinajstić information content (AvgIpc) is 2.62. The van der Waals surface area contributed by atoms with E-state index in [2.05, 4.69) is 0 Å². The molecule has 1 aliphatic heterocycles. The number of hydrogen-bond donors (Lipinski definition) is 1. The van der Waals surface area contributed by atoms with Gasteiger partial charge in [-0.15, -0.1) is 0 Å². The Morgan fingerprint density at radius 3 is 2.09 bits per heavy atom. The van der Waals surface area contributed by atoms with Gasteiger partial charge in [0.15, 0.2) is 0 Å². The van der Waals surface area contributed by atoms with Crippen LogP contribution in [0.4, 0.5) is 0 Å². The summed E-state index contributed by atoms with van der Waals surface area (Å²) in [7, 11) is -0.342. The van der Waals surface area contributed by atoms with Crippen LogP contribution in [0.5, 0.6) is 5.75 Å². The van der Waals surface area contributed by atoms with E-state index in [0.29, 0.717) is 0 Å². The van der Waals surface area contributed by atoms with Crippen molar-refractivity contribution in [1.82, 2.24) is 0 Å². The molecule has 5 heteroatoms. The van der Waals surface area contributed by atoms with Crippen molar-refractivity contribution in [1.29, 1.82) is 0 Å². The van der Waals surface area contributed by atoms with E-state index in [4.69, 9.17) is 14.0 Å². The summed E-state index contributed by atoms with van der Waals surface area (Å²) in [5, 5.41) is 9.66. The number of ether oxygens (including phenoxy) is 1. The molecule has 0 spiro atoms. The highest BCUT2D eigenvalue weighted by atomic mass is 16.7. The summed E-state index contributed by atoms with van der Waals surface area (Å²) in [4.78, 5) is 0. The Morgan fingerprint density at radius 1 is 1.09 bits per heavy atom. The Kier molecular flexibility index (Phi) is 4.95. The third-order valence-electron chi connectivity index (χ3n) is 4.19. The lowest BCUT2D eigenvalue weighted by Crippen LogP contribution is -2.41. The highest BCUT2D eigenvalue weighted by Gasteiger charge is 2.49. The summed E-state index contributed by atoms with van der Waals surface area (Å²) >= 11 is 0. The van der Waals surface area contributed by atoms with Gasteiger partial charge >= 0.3 is 7.12 Å². The van der Waals surface area contributed by atoms with E-state index < -0.39 is 5.60 Å². The number of rotatable bonds is 5. The minimum absolute atomic E-state index is 0.260.